The second-order valence-electron chi connectivity index (χ2n) is 7.36. The molecule has 1 N–H and O–H groups in total. The van der Waals surface area contributed by atoms with Crippen LogP contribution in [0.5, 0.6) is 0 Å². The van der Waals surface area contributed by atoms with E-state index in [2.05, 4.69) is 17.3 Å². The van der Waals surface area contributed by atoms with Crippen molar-refractivity contribution in [3.8, 4) is 0 Å². The minimum atomic E-state index is -0.166. The second kappa shape index (κ2) is 6.97. The van der Waals surface area contributed by atoms with Crippen molar-refractivity contribution < 1.29 is 9.21 Å². The third kappa shape index (κ3) is 3.25. The highest BCUT2D eigenvalue weighted by atomic mass is 16.3. The number of nitrogens with zero attached hydrogens (tertiary/aromatic N) is 3. The largest absolute Gasteiger partial charge is 0.463 e. The molecule has 0 unspecified atom stereocenters. The van der Waals surface area contributed by atoms with Crippen LogP contribution in [0.25, 0.3) is 16.6 Å². The van der Waals surface area contributed by atoms with Crippen molar-refractivity contribution in [2.45, 2.75) is 58.0 Å². The van der Waals surface area contributed by atoms with Crippen molar-refractivity contribution in [3.05, 3.63) is 35.1 Å². The molecule has 4 rings (SSSR count). The van der Waals surface area contributed by atoms with Crippen LogP contribution in [0.3, 0.4) is 0 Å². The molecule has 0 aromatic carbocycles. The molecule has 0 atom stereocenters. The summed E-state index contributed by atoms with van der Waals surface area (Å²) in [6.45, 7) is 2.69. The van der Waals surface area contributed by atoms with E-state index < -0.39 is 0 Å². The third-order valence-corrected chi connectivity index (χ3v) is 5.38. The monoisotopic (exact) mass is 356 g/mol. The number of rotatable bonds is 5. The highest BCUT2D eigenvalue weighted by molar-refractivity contribution is 5.81. The van der Waals surface area contributed by atoms with Gasteiger partial charge in [-0.3, -0.25) is 14.0 Å². The Labute approximate surface area is 151 Å². The van der Waals surface area contributed by atoms with Crippen LogP contribution in [-0.2, 0) is 11.3 Å². The molecule has 1 aliphatic rings. The van der Waals surface area contributed by atoms with E-state index >= 15 is 0 Å². The molecule has 7 nitrogen and oxygen atoms in total. The zero-order valence-electron chi connectivity index (χ0n) is 15.0. The fourth-order valence-electron chi connectivity index (χ4n) is 3.79. The number of aryl methyl sites for hydroxylation is 1. The van der Waals surface area contributed by atoms with Crippen LogP contribution in [-0.4, -0.2) is 26.1 Å². The van der Waals surface area contributed by atoms with Crippen LogP contribution >= 0.6 is 0 Å². The summed E-state index contributed by atoms with van der Waals surface area (Å²) in [6, 6.07) is 3.85. The van der Waals surface area contributed by atoms with Crippen molar-refractivity contribution in [1.29, 1.82) is 0 Å². The topological polar surface area (TPSA) is 81.5 Å². The molecule has 138 valence electrons. The fraction of sp³-hybridized carbons (Fsp3) is 0.526. The summed E-state index contributed by atoms with van der Waals surface area (Å²) in [5, 5.41) is 7.34. The zero-order chi connectivity index (χ0) is 18.1. The molecule has 3 aromatic heterocycles. The number of hydrogen-bond acceptors (Lipinski definition) is 4. The molecule has 26 heavy (non-hydrogen) atoms. The van der Waals surface area contributed by atoms with E-state index in [1.807, 2.05) is 6.07 Å². The second-order valence-corrected chi connectivity index (χ2v) is 7.36. The van der Waals surface area contributed by atoms with Gasteiger partial charge >= 0.3 is 0 Å². The molecule has 3 heterocycles. The Morgan fingerprint density at radius 1 is 1.31 bits per heavy atom. The molecule has 1 amide bonds. The highest BCUT2D eigenvalue weighted by Crippen LogP contribution is 2.23. The SMILES string of the molecule is CC1CCC(NC(=O)CCCn2ncn3c(cc4occc43)c2=O)CC1. The summed E-state index contributed by atoms with van der Waals surface area (Å²) < 4.78 is 8.49. The molecular formula is C19H24N4O3. The van der Waals surface area contributed by atoms with E-state index in [4.69, 9.17) is 4.42 Å². The molecular weight excluding hydrogens is 332 g/mol. The van der Waals surface area contributed by atoms with Crippen LogP contribution in [0, 0.1) is 5.92 Å². The highest BCUT2D eigenvalue weighted by Gasteiger charge is 2.19. The summed E-state index contributed by atoms with van der Waals surface area (Å²) >= 11 is 0. The quantitative estimate of drug-likeness (QED) is 0.762. The summed E-state index contributed by atoms with van der Waals surface area (Å²) in [6.07, 6.45) is 8.73. The molecule has 0 radical (unpaired) electrons. The van der Waals surface area contributed by atoms with Gasteiger partial charge < -0.3 is 9.73 Å². The van der Waals surface area contributed by atoms with E-state index in [1.54, 1.807) is 23.1 Å². The van der Waals surface area contributed by atoms with E-state index in [0.717, 1.165) is 24.3 Å². The van der Waals surface area contributed by atoms with Gasteiger partial charge in [0.25, 0.3) is 5.56 Å². The van der Waals surface area contributed by atoms with Gasteiger partial charge in [0.1, 0.15) is 11.8 Å². The van der Waals surface area contributed by atoms with Gasteiger partial charge in [0.2, 0.25) is 5.91 Å². The van der Waals surface area contributed by atoms with Crippen LogP contribution < -0.4 is 10.9 Å². The average Bonchev–Trinajstić information content (AvgIpc) is 3.21. The minimum Gasteiger partial charge on any atom is -0.463 e. The number of amides is 1. The molecule has 3 aromatic rings. The van der Waals surface area contributed by atoms with E-state index in [0.29, 0.717) is 36.5 Å². The molecule has 0 saturated heterocycles. The van der Waals surface area contributed by atoms with Crippen molar-refractivity contribution >= 4 is 22.5 Å². The first-order chi connectivity index (χ1) is 12.6. The number of fused-ring (bicyclic) bond motifs is 3. The van der Waals surface area contributed by atoms with Gasteiger partial charge in [-0.05, 0) is 38.0 Å². The number of carbonyl (C=O) groups is 1. The van der Waals surface area contributed by atoms with Gasteiger partial charge in [-0.1, -0.05) is 6.92 Å². The Hall–Kier alpha value is -2.57. The van der Waals surface area contributed by atoms with Crippen molar-refractivity contribution in [2.24, 2.45) is 5.92 Å². The van der Waals surface area contributed by atoms with E-state index in [9.17, 15) is 9.59 Å². The van der Waals surface area contributed by atoms with Crippen molar-refractivity contribution in [1.82, 2.24) is 19.5 Å². The molecule has 0 bridgehead atoms. The predicted molar refractivity (Wildman–Crippen MR) is 98.0 cm³/mol. The number of hydrogen-bond donors (Lipinski definition) is 1. The first-order valence-corrected chi connectivity index (χ1v) is 9.35. The van der Waals surface area contributed by atoms with Crippen molar-refractivity contribution in [3.63, 3.8) is 0 Å². The summed E-state index contributed by atoms with van der Waals surface area (Å²) in [7, 11) is 0. The maximum Gasteiger partial charge on any atom is 0.291 e. The molecule has 7 heteroatoms. The maximum absolute atomic E-state index is 12.6. The summed E-state index contributed by atoms with van der Waals surface area (Å²) in [5.41, 5.74) is 1.87. The molecule has 1 aliphatic carbocycles. The zero-order valence-corrected chi connectivity index (χ0v) is 15.0. The molecule has 0 aliphatic heterocycles. The third-order valence-electron chi connectivity index (χ3n) is 5.38. The Balaban J connectivity index is 1.35. The summed E-state index contributed by atoms with van der Waals surface area (Å²) in [4.78, 5) is 24.7. The number of nitrogens with one attached hydrogen (secondary N) is 1. The van der Waals surface area contributed by atoms with Gasteiger partial charge in [0.05, 0.1) is 11.8 Å². The maximum atomic E-state index is 12.6. The van der Waals surface area contributed by atoms with E-state index in [1.165, 1.54) is 17.5 Å². The lowest BCUT2D eigenvalue weighted by Crippen LogP contribution is -2.37. The normalized spacial score (nSPS) is 20.7. The Morgan fingerprint density at radius 2 is 2.12 bits per heavy atom. The standard InChI is InChI=1S/C19H24N4O3/c1-13-4-6-14(7-5-13)21-18(24)3-2-9-23-19(25)16-11-17-15(8-10-26-17)22(16)12-20-23/h8,10-14H,2-7,9H2,1H3,(H,21,24). The van der Waals surface area contributed by atoms with Gasteiger partial charge in [-0.15, -0.1) is 0 Å². The van der Waals surface area contributed by atoms with Crippen LogP contribution in [0.15, 0.2) is 33.9 Å². The first kappa shape index (κ1) is 16.9. The smallest absolute Gasteiger partial charge is 0.291 e. The van der Waals surface area contributed by atoms with Crippen LogP contribution in [0.2, 0.25) is 0 Å². The summed E-state index contributed by atoms with van der Waals surface area (Å²) in [5.74, 6) is 0.839. The van der Waals surface area contributed by atoms with Gasteiger partial charge in [-0.2, -0.15) is 5.10 Å². The molecule has 1 saturated carbocycles. The van der Waals surface area contributed by atoms with Crippen molar-refractivity contribution in [2.75, 3.05) is 0 Å². The number of aromatic nitrogens is 3. The molecule has 0 spiro atoms. The van der Waals surface area contributed by atoms with Gasteiger partial charge in [0.15, 0.2) is 5.58 Å². The lowest BCUT2D eigenvalue weighted by molar-refractivity contribution is -0.122. The lowest BCUT2D eigenvalue weighted by Gasteiger charge is -2.26. The van der Waals surface area contributed by atoms with Gasteiger partial charge in [0, 0.05) is 31.1 Å². The van der Waals surface area contributed by atoms with E-state index in [-0.39, 0.29) is 11.5 Å². The van der Waals surface area contributed by atoms with Crippen LogP contribution in [0.4, 0.5) is 0 Å². The minimum absolute atomic E-state index is 0.0684. The Bertz CT molecular complexity index is 976. The number of furan rings is 1. The fourth-order valence-corrected chi connectivity index (χ4v) is 3.79. The first-order valence-electron chi connectivity index (χ1n) is 9.35. The van der Waals surface area contributed by atoms with Crippen LogP contribution in [0.1, 0.15) is 45.4 Å². The number of carbonyl (C=O) groups excluding carboxylic acids is 1. The average molecular weight is 356 g/mol. The Kier molecular flexibility index (Phi) is 4.53. The lowest BCUT2D eigenvalue weighted by atomic mass is 9.87. The van der Waals surface area contributed by atoms with Gasteiger partial charge in [-0.25, -0.2) is 4.68 Å². The Morgan fingerprint density at radius 3 is 2.92 bits per heavy atom. The molecule has 1 fully saturated rings. The predicted octanol–water partition coefficient (Wildman–Crippen LogP) is 2.72.